The molecule has 0 fully saturated rings. The SMILES string of the molecule is COC[C@H](C)NC(=S)NNC(=O)c1cc(Br)ccc1F. The Bertz CT molecular complexity index is 502. The minimum absolute atomic E-state index is 0.0143. The summed E-state index contributed by atoms with van der Waals surface area (Å²) in [5, 5.41) is 3.11. The first-order valence-electron chi connectivity index (χ1n) is 5.75. The molecule has 0 heterocycles. The van der Waals surface area contributed by atoms with E-state index in [9.17, 15) is 9.18 Å². The molecule has 0 unspecified atom stereocenters. The molecule has 0 aliphatic heterocycles. The molecule has 8 heteroatoms. The molecular formula is C12H15BrFN3O2S. The van der Waals surface area contributed by atoms with E-state index >= 15 is 0 Å². The summed E-state index contributed by atoms with van der Waals surface area (Å²) in [6.45, 7) is 2.34. The standard InChI is InChI=1S/C12H15BrFN3O2S/c1-7(6-19-2)15-12(20)17-16-11(18)9-5-8(13)3-4-10(9)14/h3-5,7H,6H2,1-2H3,(H,16,18)(H2,15,17,20)/t7-/m0/s1. The van der Waals surface area contributed by atoms with Crippen molar-refractivity contribution in [3.05, 3.63) is 34.1 Å². The molecule has 1 aromatic carbocycles. The summed E-state index contributed by atoms with van der Waals surface area (Å²) < 4.78 is 19.0. The summed E-state index contributed by atoms with van der Waals surface area (Å²) in [6.07, 6.45) is 0. The minimum atomic E-state index is -0.618. The largest absolute Gasteiger partial charge is 0.383 e. The van der Waals surface area contributed by atoms with Crippen LogP contribution in [0.3, 0.4) is 0 Å². The fourth-order valence-corrected chi connectivity index (χ4v) is 2.02. The average Bonchev–Trinajstić information content (AvgIpc) is 2.39. The van der Waals surface area contributed by atoms with Gasteiger partial charge in [-0.15, -0.1) is 0 Å². The van der Waals surface area contributed by atoms with Crippen molar-refractivity contribution in [2.24, 2.45) is 0 Å². The number of ether oxygens (including phenoxy) is 1. The Morgan fingerprint density at radius 3 is 2.85 bits per heavy atom. The van der Waals surface area contributed by atoms with Crippen LogP contribution >= 0.6 is 28.1 Å². The second kappa shape index (κ2) is 8.13. The Hall–Kier alpha value is -1.25. The summed E-state index contributed by atoms with van der Waals surface area (Å²) in [5.74, 6) is -1.23. The smallest absolute Gasteiger partial charge is 0.272 e. The molecule has 0 aromatic heterocycles. The van der Waals surface area contributed by atoms with Gasteiger partial charge in [0.2, 0.25) is 0 Å². The number of carbonyl (C=O) groups excluding carboxylic acids is 1. The molecule has 0 saturated carbocycles. The van der Waals surface area contributed by atoms with Gasteiger partial charge in [-0.05, 0) is 37.3 Å². The lowest BCUT2D eigenvalue weighted by atomic mass is 10.2. The summed E-state index contributed by atoms with van der Waals surface area (Å²) in [5.41, 5.74) is 4.74. The Labute approximate surface area is 130 Å². The summed E-state index contributed by atoms with van der Waals surface area (Å²) in [7, 11) is 1.58. The minimum Gasteiger partial charge on any atom is -0.383 e. The number of hydrazine groups is 1. The van der Waals surface area contributed by atoms with Gasteiger partial charge in [0.05, 0.1) is 12.2 Å². The molecule has 1 atom stereocenters. The average molecular weight is 364 g/mol. The number of carbonyl (C=O) groups is 1. The van der Waals surface area contributed by atoms with Crippen LogP contribution < -0.4 is 16.2 Å². The van der Waals surface area contributed by atoms with Crippen molar-refractivity contribution in [3.8, 4) is 0 Å². The highest BCUT2D eigenvalue weighted by Gasteiger charge is 2.12. The second-order valence-corrected chi connectivity index (χ2v) is 5.36. The number of hydrogen-bond acceptors (Lipinski definition) is 3. The summed E-state index contributed by atoms with van der Waals surface area (Å²) >= 11 is 8.15. The van der Waals surface area contributed by atoms with Gasteiger partial charge in [-0.2, -0.15) is 0 Å². The highest BCUT2D eigenvalue weighted by molar-refractivity contribution is 9.10. The lowest BCUT2D eigenvalue weighted by Crippen LogP contribution is -2.50. The van der Waals surface area contributed by atoms with E-state index in [0.717, 1.165) is 0 Å². The Morgan fingerprint density at radius 1 is 1.50 bits per heavy atom. The van der Waals surface area contributed by atoms with Gasteiger partial charge in [0, 0.05) is 17.6 Å². The Morgan fingerprint density at radius 2 is 2.20 bits per heavy atom. The van der Waals surface area contributed by atoms with Crippen molar-refractivity contribution in [1.82, 2.24) is 16.2 Å². The number of nitrogens with one attached hydrogen (secondary N) is 3. The van der Waals surface area contributed by atoms with Gasteiger partial charge in [0.25, 0.3) is 5.91 Å². The topological polar surface area (TPSA) is 62.4 Å². The van der Waals surface area contributed by atoms with Gasteiger partial charge in [0.15, 0.2) is 5.11 Å². The lowest BCUT2D eigenvalue weighted by molar-refractivity contribution is 0.0939. The first-order valence-corrected chi connectivity index (χ1v) is 6.95. The lowest BCUT2D eigenvalue weighted by Gasteiger charge is -2.16. The fraction of sp³-hybridized carbons (Fsp3) is 0.333. The van der Waals surface area contributed by atoms with E-state index < -0.39 is 11.7 Å². The number of amides is 1. The highest BCUT2D eigenvalue weighted by atomic mass is 79.9. The van der Waals surface area contributed by atoms with Crippen molar-refractivity contribution in [2.75, 3.05) is 13.7 Å². The number of thiocarbonyl (C=S) groups is 1. The first kappa shape index (κ1) is 16.8. The van der Waals surface area contributed by atoms with Crippen LogP contribution in [-0.2, 0) is 4.74 Å². The maximum Gasteiger partial charge on any atom is 0.272 e. The van der Waals surface area contributed by atoms with Crippen LogP contribution in [0.5, 0.6) is 0 Å². The number of halogens is 2. The van der Waals surface area contributed by atoms with E-state index in [1.54, 1.807) is 7.11 Å². The van der Waals surface area contributed by atoms with Crippen molar-refractivity contribution < 1.29 is 13.9 Å². The van der Waals surface area contributed by atoms with Crippen LogP contribution in [0.1, 0.15) is 17.3 Å². The zero-order valence-electron chi connectivity index (χ0n) is 11.0. The van der Waals surface area contributed by atoms with E-state index in [2.05, 4.69) is 32.1 Å². The molecule has 1 aromatic rings. The molecular weight excluding hydrogens is 349 g/mol. The normalized spacial score (nSPS) is 11.6. The molecule has 0 aliphatic carbocycles. The van der Waals surface area contributed by atoms with E-state index in [1.165, 1.54) is 18.2 Å². The molecule has 0 spiro atoms. The van der Waals surface area contributed by atoms with Gasteiger partial charge in [-0.3, -0.25) is 15.6 Å². The van der Waals surface area contributed by atoms with Crippen LogP contribution in [-0.4, -0.2) is 30.8 Å². The second-order valence-electron chi connectivity index (χ2n) is 4.03. The van der Waals surface area contributed by atoms with Crippen LogP contribution in [0, 0.1) is 5.82 Å². The van der Waals surface area contributed by atoms with Crippen LogP contribution in [0.2, 0.25) is 0 Å². The van der Waals surface area contributed by atoms with Gasteiger partial charge >= 0.3 is 0 Å². The van der Waals surface area contributed by atoms with Gasteiger partial charge < -0.3 is 10.1 Å². The third-order valence-corrected chi connectivity index (χ3v) is 2.97. The van der Waals surface area contributed by atoms with Crippen molar-refractivity contribution >= 4 is 39.2 Å². The Kier molecular flexibility index (Phi) is 6.83. The van der Waals surface area contributed by atoms with Gasteiger partial charge in [-0.1, -0.05) is 15.9 Å². The van der Waals surface area contributed by atoms with Gasteiger partial charge in [0.1, 0.15) is 5.82 Å². The van der Waals surface area contributed by atoms with Gasteiger partial charge in [-0.25, -0.2) is 4.39 Å². The number of benzene rings is 1. The maximum atomic E-state index is 13.5. The van der Waals surface area contributed by atoms with Crippen molar-refractivity contribution in [3.63, 3.8) is 0 Å². The van der Waals surface area contributed by atoms with E-state index in [4.69, 9.17) is 17.0 Å². The van der Waals surface area contributed by atoms with Crippen molar-refractivity contribution in [1.29, 1.82) is 0 Å². The van der Waals surface area contributed by atoms with Crippen LogP contribution in [0.25, 0.3) is 0 Å². The molecule has 5 nitrogen and oxygen atoms in total. The molecule has 0 bridgehead atoms. The predicted molar refractivity (Wildman–Crippen MR) is 81.8 cm³/mol. The van der Waals surface area contributed by atoms with Crippen molar-refractivity contribution in [2.45, 2.75) is 13.0 Å². The molecule has 0 aliphatic rings. The fourth-order valence-electron chi connectivity index (χ4n) is 1.40. The number of methoxy groups -OCH3 is 1. The third-order valence-electron chi connectivity index (χ3n) is 2.26. The number of rotatable bonds is 4. The summed E-state index contributed by atoms with van der Waals surface area (Å²) in [4.78, 5) is 11.8. The molecule has 0 radical (unpaired) electrons. The van der Waals surface area contributed by atoms with E-state index in [0.29, 0.717) is 11.1 Å². The molecule has 0 saturated heterocycles. The van der Waals surface area contributed by atoms with Crippen LogP contribution in [0.4, 0.5) is 4.39 Å². The quantitative estimate of drug-likeness (QED) is 0.561. The highest BCUT2D eigenvalue weighted by Crippen LogP contribution is 2.15. The molecule has 20 heavy (non-hydrogen) atoms. The zero-order chi connectivity index (χ0) is 15.1. The molecule has 3 N–H and O–H groups in total. The van der Waals surface area contributed by atoms with E-state index in [-0.39, 0.29) is 16.7 Å². The first-order chi connectivity index (χ1) is 9.43. The predicted octanol–water partition coefficient (Wildman–Crippen LogP) is 1.73. The van der Waals surface area contributed by atoms with E-state index in [1.807, 2.05) is 6.92 Å². The summed E-state index contributed by atoms with van der Waals surface area (Å²) in [6, 6.07) is 4.09. The number of hydrogen-bond donors (Lipinski definition) is 3. The monoisotopic (exact) mass is 363 g/mol. The Balaban J connectivity index is 2.51. The third kappa shape index (κ3) is 5.40. The molecule has 1 rings (SSSR count). The van der Waals surface area contributed by atoms with Crippen LogP contribution in [0.15, 0.2) is 22.7 Å². The molecule has 1 amide bonds. The maximum absolute atomic E-state index is 13.5. The zero-order valence-corrected chi connectivity index (χ0v) is 13.4. The molecule has 110 valence electrons.